The molecule has 2 atom stereocenters. The molecule has 0 radical (unpaired) electrons. The molecular formula is C25H25N3O2. The van der Waals surface area contributed by atoms with E-state index >= 15 is 0 Å². The lowest BCUT2D eigenvalue weighted by molar-refractivity contribution is -0.152. The van der Waals surface area contributed by atoms with Gasteiger partial charge >= 0.3 is 0 Å². The average Bonchev–Trinajstić information content (AvgIpc) is 2.78. The monoisotopic (exact) mass is 399 g/mol. The van der Waals surface area contributed by atoms with Crippen LogP contribution in [0.15, 0.2) is 66.9 Å². The van der Waals surface area contributed by atoms with Crippen molar-refractivity contribution in [3.63, 3.8) is 0 Å². The van der Waals surface area contributed by atoms with Crippen LogP contribution in [0.5, 0.6) is 0 Å². The van der Waals surface area contributed by atoms with Crippen LogP contribution in [0.2, 0.25) is 0 Å². The lowest BCUT2D eigenvalue weighted by Crippen LogP contribution is -2.62. The number of pyridine rings is 1. The van der Waals surface area contributed by atoms with E-state index in [9.17, 15) is 9.59 Å². The van der Waals surface area contributed by atoms with Gasteiger partial charge in [-0.05, 0) is 41.0 Å². The van der Waals surface area contributed by atoms with Crippen LogP contribution in [0.4, 0.5) is 0 Å². The molecule has 5 rings (SSSR count). The maximum atomic E-state index is 13.2. The van der Waals surface area contributed by atoms with Crippen molar-refractivity contribution < 1.29 is 9.59 Å². The summed E-state index contributed by atoms with van der Waals surface area (Å²) in [6.45, 7) is 2.82. The smallest absolute Gasteiger partial charge is 0.224 e. The Morgan fingerprint density at radius 3 is 2.60 bits per heavy atom. The molecule has 2 fully saturated rings. The van der Waals surface area contributed by atoms with Crippen molar-refractivity contribution in [3.8, 4) is 0 Å². The maximum absolute atomic E-state index is 13.2. The van der Waals surface area contributed by atoms with Gasteiger partial charge in [0.15, 0.2) is 5.78 Å². The third-order valence-corrected chi connectivity index (χ3v) is 6.34. The molecule has 1 aromatic heterocycles. The van der Waals surface area contributed by atoms with Crippen molar-refractivity contribution in [1.29, 1.82) is 0 Å². The summed E-state index contributed by atoms with van der Waals surface area (Å²) >= 11 is 0. The molecule has 0 aliphatic carbocycles. The van der Waals surface area contributed by atoms with Crippen molar-refractivity contribution in [1.82, 2.24) is 14.8 Å². The van der Waals surface area contributed by atoms with E-state index in [1.807, 2.05) is 24.3 Å². The molecule has 5 heteroatoms. The fourth-order valence-electron chi connectivity index (χ4n) is 4.77. The van der Waals surface area contributed by atoms with Crippen LogP contribution in [0.1, 0.15) is 17.7 Å². The predicted octanol–water partition coefficient (Wildman–Crippen LogP) is 3.08. The highest BCUT2D eigenvalue weighted by atomic mass is 16.2. The van der Waals surface area contributed by atoms with Crippen LogP contribution in [-0.4, -0.2) is 52.2 Å². The number of piperidine rings is 1. The molecule has 2 saturated heterocycles. The summed E-state index contributed by atoms with van der Waals surface area (Å²) in [6.07, 6.45) is 2.58. The number of aromatic nitrogens is 1. The molecule has 0 N–H and O–H groups in total. The second-order valence-electron chi connectivity index (χ2n) is 8.35. The van der Waals surface area contributed by atoms with Crippen LogP contribution < -0.4 is 0 Å². The normalized spacial score (nSPS) is 22.3. The van der Waals surface area contributed by atoms with Crippen LogP contribution >= 0.6 is 0 Å². The molecule has 2 unspecified atom stereocenters. The molecule has 2 aromatic carbocycles. The third kappa shape index (κ3) is 3.73. The predicted molar refractivity (Wildman–Crippen MR) is 116 cm³/mol. The lowest BCUT2D eigenvalue weighted by atomic mass is 9.84. The molecule has 3 heterocycles. The standard InChI is InChI=1S/C25H25N3O2/c29-24-15-21(14-22-7-3-4-10-26-22)25(30)23-17-27(11-12-28(23)24)16-18-8-9-19-5-1-2-6-20(19)13-18/h1-10,13,21,23H,11-12,14-17H2. The largest absolute Gasteiger partial charge is 0.330 e. The van der Waals surface area contributed by atoms with Crippen LogP contribution in [-0.2, 0) is 22.6 Å². The SMILES string of the molecule is O=C1C(Cc2ccccn2)CC(=O)N2CCN(Cc3ccc4ccccc4c3)CC12. The fraction of sp³-hybridized carbons (Fsp3) is 0.320. The van der Waals surface area contributed by atoms with E-state index in [0.717, 1.165) is 18.8 Å². The van der Waals surface area contributed by atoms with Gasteiger partial charge in [-0.1, -0.05) is 42.5 Å². The first kappa shape index (κ1) is 18.9. The highest BCUT2D eigenvalue weighted by Crippen LogP contribution is 2.27. The number of fused-ring (bicyclic) bond motifs is 2. The van der Waals surface area contributed by atoms with Crippen molar-refractivity contribution in [2.24, 2.45) is 5.92 Å². The van der Waals surface area contributed by atoms with E-state index in [0.29, 0.717) is 25.9 Å². The highest BCUT2D eigenvalue weighted by Gasteiger charge is 2.43. The number of amides is 1. The van der Waals surface area contributed by atoms with Crippen molar-refractivity contribution in [3.05, 3.63) is 78.1 Å². The molecule has 1 amide bonds. The van der Waals surface area contributed by atoms with E-state index in [2.05, 4.69) is 46.3 Å². The summed E-state index contributed by atoms with van der Waals surface area (Å²) < 4.78 is 0. The number of piperazine rings is 1. The van der Waals surface area contributed by atoms with Crippen LogP contribution in [0.3, 0.4) is 0 Å². The molecular weight excluding hydrogens is 374 g/mol. The minimum atomic E-state index is -0.339. The number of hydrogen-bond acceptors (Lipinski definition) is 4. The van der Waals surface area contributed by atoms with Gasteiger partial charge < -0.3 is 4.90 Å². The first-order valence-corrected chi connectivity index (χ1v) is 10.6. The Morgan fingerprint density at radius 2 is 1.77 bits per heavy atom. The Bertz CT molecular complexity index is 1080. The Labute approximate surface area is 176 Å². The zero-order valence-electron chi connectivity index (χ0n) is 16.9. The maximum Gasteiger partial charge on any atom is 0.224 e. The first-order valence-electron chi connectivity index (χ1n) is 10.6. The molecule has 0 bridgehead atoms. The van der Waals surface area contributed by atoms with E-state index < -0.39 is 0 Å². The fourth-order valence-corrected chi connectivity index (χ4v) is 4.77. The summed E-state index contributed by atoms with van der Waals surface area (Å²) in [7, 11) is 0. The van der Waals surface area contributed by atoms with Crippen LogP contribution in [0.25, 0.3) is 10.8 Å². The number of ketones is 1. The average molecular weight is 399 g/mol. The molecule has 152 valence electrons. The van der Waals surface area contributed by atoms with Crippen molar-refractivity contribution in [2.45, 2.75) is 25.4 Å². The minimum absolute atomic E-state index is 0.103. The zero-order valence-corrected chi connectivity index (χ0v) is 16.9. The minimum Gasteiger partial charge on any atom is -0.330 e. The highest BCUT2D eigenvalue weighted by molar-refractivity contribution is 5.97. The van der Waals surface area contributed by atoms with Gasteiger partial charge in [-0.2, -0.15) is 0 Å². The zero-order chi connectivity index (χ0) is 20.5. The number of carbonyl (C=O) groups is 2. The number of nitrogens with zero attached hydrogens (tertiary/aromatic N) is 3. The number of carbonyl (C=O) groups excluding carboxylic acids is 2. The summed E-state index contributed by atoms with van der Waals surface area (Å²) in [6, 6.07) is 20.3. The number of rotatable bonds is 4. The lowest BCUT2D eigenvalue weighted by Gasteiger charge is -2.45. The van der Waals surface area contributed by atoms with Gasteiger partial charge in [0.1, 0.15) is 6.04 Å². The van der Waals surface area contributed by atoms with Gasteiger partial charge in [0.05, 0.1) is 0 Å². The number of Topliss-reactive ketones (excluding diaryl/α,β-unsaturated/α-hetero) is 1. The summed E-state index contributed by atoms with van der Waals surface area (Å²) in [5, 5.41) is 2.46. The molecule has 2 aliphatic heterocycles. The summed E-state index contributed by atoms with van der Waals surface area (Å²) in [4.78, 5) is 34.4. The molecule has 0 spiro atoms. The molecule has 3 aromatic rings. The Morgan fingerprint density at radius 1 is 0.933 bits per heavy atom. The summed E-state index contributed by atoms with van der Waals surface area (Å²) in [5.41, 5.74) is 2.11. The van der Waals surface area contributed by atoms with Gasteiger partial charge in [0.2, 0.25) is 5.91 Å². The second kappa shape index (κ2) is 8.00. The third-order valence-electron chi connectivity index (χ3n) is 6.34. The molecule has 30 heavy (non-hydrogen) atoms. The number of hydrogen-bond donors (Lipinski definition) is 0. The number of benzene rings is 2. The second-order valence-corrected chi connectivity index (χ2v) is 8.35. The van der Waals surface area contributed by atoms with Gasteiger partial charge in [-0.3, -0.25) is 19.5 Å². The van der Waals surface area contributed by atoms with Gasteiger partial charge in [-0.15, -0.1) is 0 Å². The van der Waals surface area contributed by atoms with Gasteiger partial charge in [-0.25, -0.2) is 0 Å². The molecule has 0 saturated carbocycles. The first-order chi connectivity index (χ1) is 14.7. The van der Waals surface area contributed by atoms with E-state index in [1.165, 1.54) is 16.3 Å². The van der Waals surface area contributed by atoms with E-state index in [1.54, 1.807) is 11.1 Å². The van der Waals surface area contributed by atoms with Crippen molar-refractivity contribution in [2.75, 3.05) is 19.6 Å². The Hall–Kier alpha value is -3.05. The molecule has 5 nitrogen and oxygen atoms in total. The quantitative estimate of drug-likeness (QED) is 0.677. The Kier molecular flexibility index (Phi) is 5.05. The van der Waals surface area contributed by atoms with E-state index in [4.69, 9.17) is 0 Å². The van der Waals surface area contributed by atoms with Crippen LogP contribution in [0, 0.1) is 5.92 Å². The summed E-state index contributed by atoms with van der Waals surface area (Å²) in [5.74, 6) is 0.0172. The van der Waals surface area contributed by atoms with Gasteiger partial charge in [0.25, 0.3) is 0 Å². The topological polar surface area (TPSA) is 53.5 Å². The Balaban J connectivity index is 1.30. The van der Waals surface area contributed by atoms with Gasteiger partial charge in [0, 0.05) is 50.4 Å². The molecule has 2 aliphatic rings. The van der Waals surface area contributed by atoms with E-state index in [-0.39, 0.29) is 23.7 Å². The van der Waals surface area contributed by atoms with Crippen molar-refractivity contribution >= 4 is 22.5 Å².